The van der Waals surface area contributed by atoms with Gasteiger partial charge in [0.1, 0.15) is 6.04 Å². The predicted octanol–water partition coefficient (Wildman–Crippen LogP) is 1.12. The Balaban J connectivity index is 1.49. The summed E-state index contributed by atoms with van der Waals surface area (Å²) in [7, 11) is 0. The van der Waals surface area contributed by atoms with Gasteiger partial charge < -0.3 is 16.0 Å². The lowest BCUT2D eigenvalue weighted by Crippen LogP contribution is -2.43. The highest BCUT2D eigenvalue weighted by Crippen LogP contribution is 2.19. The van der Waals surface area contributed by atoms with Crippen molar-refractivity contribution in [2.45, 2.75) is 44.7 Å². The van der Waals surface area contributed by atoms with E-state index in [1.807, 2.05) is 0 Å². The van der Waals surface area contributed by atoms with Gasteiger partial charge in [-0.3, -0.25) is 19.3 Å². The molecule has 1 unspecified atom stereocenters. The Hall–Kier alpha value is -2.41. The third kappa shape index (κ3) is 4.22. The van der Waals surface area contributed by atoms with E-state index in [0.717, 1.165) is 19.5 Å². The van der Waals surface area contributed by atoms with Crippen molar-refractivity contribution in [2.24, 2.45) is 0 Å². The number of carbonyl (C=O) groups excluding carboxylic acids is 3. The lowest BCUT2D eigenvalue weighted by atomic mass is 10.1. The van der Waals surface area contributed by atoms with Gasteiger partial charge in [0.25, 0.3) is 5.91 Å². The number of carbonyl (C=O) groups is 3. The quantitative estimate of drug-likeness (QED) is 0.711. The van der Waals surface area contributed by atoms with Crippen molar-refractivity contribution in [1.29, 1.82) is 0 Å². The Morgan fingerprint density at radius 2 is 2.12 bits per heavy atom. The third-order valence-corrected chi connectivity index (χ3v) is 5.15. The molecule has 3 amide bonds. The van der Waals surface area contributed by atoms with Gasteiger partial charge in [0.05, 0.1) is 11.3 Å². The summed E-state index contributed by atoms with van der Waals surface area (Å²) in [6, 6.07) is 6.58. The van der Waals surface area contributed by atoms with Crippen LogP contribution in [0.15, 0.2) is 24.3 Å². The fourth-order valence-corrected chi connectivity index (χ4v) is 3.65. The number of hydrogen-bond acceptors (Lipinski definition) is 4. The SMILES string of the molecule is CCN1CCCC1CNC(=O)CC[C@H]1NC(=O)c2ccccc2NC1=O. The van der Waals surface area contributed by atoms with Crippen molar-refractivity contribution in [1.82, 2.24) is 15.5 Å². The summed E-state index contributed by atoms with van der Waals surface area (Å²) < 4.78 is 0. The van der Waals surface area contributed by atoms with Gasteiger partial charge in [0.2, 0.25) is 11.8 Å². The number of rotatable bonds is 6. The van der Waals surface area contributed by atoms with E-state index in [2.05, 4.69) is 27.8 Å². The van der Waals surface area contributed by atoms with E-state index in [0.29, 0.717) is 23.8 Å². The van der Waals surface area contributed by atoms with E-state index < -0.39 is 6.04 Å². The number of anilines is 1. The molecule has 7 nitrogen and oxygen atoms in total. The van der Waals surface area contributed by atoms with Gasteiger partial charge in [-0.15, -0.1) is 0 Å². The predicted molar refractivity (Wildman–Crippen MR) is 98.8 cm³/mol. The number of benzene rings is 1. The number of likely N-dealkylation sites (tertiary alicyclic amines) is 1. The van der Waals surface area contributed by atoms with Gasteiger partial charge in [0.15, 0.2) is 0 Å². The molecule has 2 heterocycles. The van der Waals surface area contributed by atoms with Gasteiger partial charge >= 0.3 is 0 Å². The van der Waals surface area contributed by atoms with Crippen molar-refractivity contribution >= 4 is 23.4 Å². The van der Waals surface area contributed by atoms with Gasteiger partial charge in [0, 0.05) is 19.0 Å². The van der Waals surface area contributed by atoms with Gasteiger partial charge in [-0.2, -0.15) is 0 Å². The molecule has 0 aromatic heterocycles. The number of nitrogens with one attached hydrogen (secondary N) is 3. The molecule has 0 saturated carbocycles. The highest BCUT2D eigenvalue weighted by molar-refractivity contribution is 6.09. The first-order chi connectivity index (χ1) is 12.6. The van der Waals surface area contributed by atoms with Crippen LogP contribution in [-0.2, 0) is 9.59 Å². The third-order valence-electron chi connectivity index (χ3n) is 5.15. The molecule has 0 aliphatic carbocycles. The van der Waals surface area contributed by atoms with Crippen LogP contribution >= 0.6 is 0 Å². The molecule has 7 heteroatoms. The summed E-state index contributed by atoms with van der Waals surface area (Å²) in [5, 5.41) is 8.43. The minimum absolute atomic E-state index is 0.0863. The van der Waals surface area contributed by atoms with E-state index >= 15 is 0 Å². The number of para-hydroxylation sites is 1. The van der Waals surface area contributed by atoms with E-state index in [-0.39, 0.29) is 30.6 Å². The summed E-state index contributed by atoms with van der Waals surface area (Å²) in [6.45, 7) is 4.86. The maximum Gasteiger partial charge on any atom is 0.254 e. The molecule has 2 atom stereocenters. The fourth-order valence-electron chi connectivity index (χ4n) is 3.65. The van der Waals surface area contributed by atoms with Crippen molar-refractivity contribution in [3.8, 4) is 0 Å². The monoisotopic (exact) mass is 358 g/mol. The highest BCUT2D eigenvalue weighted by Gasteiger charge is 2.28. The van der Waals surface area contributed by atoms with Crippen molar-refractivity contribution in [2.75, 3.05) is 25.0 Å². The first-order valence-corrected chi connectivity index (χ1v) is 9.30. The molecular formula is C19H26N4O3. The lowest BCUT2D eigenvalue weighted by molar-refractivity contribution is -0.122. The Morgan fingerprint density at radius 1 is 1.31 bits per heavy atom. The molecule has 1 saturated heterocycles. The van der Waals surface area contributed by atoms with Crippen LogP contribution in [-0.4, -0.2) is 54.3 Å². The second-order valence-corrected chi connectivity index (χ2v) is 6.83. The molecule has 0 bridgehead atoms. The normalized spacial score (nSPS) is 23.0. The average Bonchev–Trinajstić information content (AvgIpc) is 3.06. The summed E-state index contributed by atoms with van der Waals surface area (Å²) in [6.07, 6.45) is 2.75. The average molecular weight is 358 g/mol. The molecular weight excluding hydrogens is 332 g/mol. The van der Waals surface area contributed by atoms with E-state index in [1.165, 1.54) is 6.42 Å². The molecule has 2 aliphatic heterocycles. The Bertz CT molecular complexity index is 691. The molecule has 1 aromatic carbocycles. The topological polar surface area (TPSA) is 90.5 Å². The summed E-state index contributed by atoms with van der Waals surface area (Å²) in [5.41, 5.74) is 0.941. The van der Waals surface area contributed by atoms with Crippen molar-refractivity contribution < 1.29 is 14.4 Å². The molecule has 26 heavy (non-hydrogen) atoms. The number of hydrogen-bond donors (Lipinski definition) is 3. The highest BCUT2D eigenvalue weighted by atomic mass is 16.2. The summed E-state index contributed by atoms with van der Waals surface area (Å²) in [5.74, 6) is -0.672. The van der Waals surface area contributed by atoms with Crippen molar-refractivity contribution in [3.63, 3.8) is 0 Å². The minimum atomic E-state index is -0.709. The van der Waals surface area contributed by atoms with Crippen LogP contribution in [0.1, 0.15) is 43.0 Å². The van der Waals surface area contributed by atoms with E-state index in [4.69, 9.17) is 0 Å². The molecule has 140 valence electrons. The van der Waals surface area contributed by atoms with Gasteiger partial charge in [-0.05, 0) is 44.5 Å². The molecule has 2 aliphatic rings. The maximum absolute atomic E-state index is 12.3. The maximum atomic E-state index is 12.3. The largest absolute Gasteiger partial charge is 0.355 e. The minimum Gasteiger partial charge on any atom is -0.355 e. The van der Waals surface area contributed by atoms with E-state index in [1.54, 1.807) is 24.3 Å². The molecule has 3 rings (SSSR count). The fraction of sp³-hybridized carbons (Fsp3) is 0.526. The summed E-state index contributed by atoms with van der Waals surface area (Å²) >= 11 is 0. The molecule has 1 aromatic rings. The van der Waals surface area contributed by atoms with Gasteiger partial charge in [-0.25, -0.2) is 0 Å². The summed E-state index contributed by atoms with van der Waals surface area (Å²) in [4.78, 5) is 39.1. The van der Waals surface area contributed by atoms with Crippen LogP contribution in [0.4, 0.5) is 5.69 Å². The van der Waals surface area contributed by atoms with Crippen LogP contribution in [0.2, 0.25) is 0 Å². The zero-order valence-corrected chi connectivity index (χ0v) is 15.1. The zero-order valence-electron chi connectivity index (χ0n) is 15.1. The van der Waals surface area contributed by atoms with Crippen LogP contribution in [0.5, 0.6) is 0 Å². The molecule has 1 fully saturated rings. The number of fused-ring (bicyclic) bond motifs is 1. The Kier molecular flexibility index (Phi) is 5.88. The molecule has 0 spiro atoms. The van der Waals surface area contributed by atoms with Crippen LogP contribution in [0.25, 0.3) is 0 Å². The number of nitrogens with zero attached hydrogens (tertiary/aromatic N) is 1. The first-order valence-electron chi connectivity index (χ1n) is 9.30. The first kappa shape index (κ1) is 18.4. The molecule has 0 radical (unpaired) electrons. The standard InChI is InChI=1S/C19H26N4O3/c1-2-23-11-5-6-13(23)12-20-17(24)10-9-16-19(26)21-15-8-4-3-7-14(15)18(25)22-16/h3-4,7-8,13,16H,2,5-6,9-12H2,1H3,(H,20,24)(H,21,26)(H,22,25)/t13?,16-/m1/s1. The van der Waals surface area contributed by atoms with Gasteiger partial charge in [-0.1, -0.05) is 19.1 Å². The second-order valence-electron chi connectivity index (χ2n) is 6.83. The van der Waals surface area contributed by atoms with Crippen LogP contribution < -0.4 is 16.0 Å². The number of amides is 3. The second kappa shape index (κ2) is 8.31. The van der Waals surface area contributed by atoms with Crippen LogP contribution in [0.3, 0.4) is 0 Å². The van der Waals surface area contributed by atoms with Crippen molar-refractivity contribution in [3.05, 3.63) is 29.8 Å². The molecule has 3 N–H and O–H groups in total. The smallest absolute Gasteiger partial charge is 0.254 e. The van der Waals surface area contributed by atoms with Crippen LogP contribution in [0, 0.1) is 0 Å². The Labute approximate surface area is 153 Å². The zero-order chi connectivity index (χ0) is 18.5. The lowest BCUT2D eigenvalue weighted by Gasteiger charge is -2.23. The number of likely N-dealkylation sites (N-methyl/N-ethyl adjacent to an activating group) is 1. The Morgan fingerprint density at radius 3 is 2.92 bits per heavy atom. The van der Waals surface area contributed by atoms with E-state index in [9.17, 15) is 14.4 Å².